The lowest BCUT2D eigenvalue weighted by Crippen LogP contribution is -2.16. The summed E-state index contributed by atoms with van der Waals surface area (Å²) in [5.74, 6) is -9.95. The van der Waals surface area contributed by atoms with E-state index in [0.717, 1.165) is 6.21 Å². The van der Waals surface area contributed by atoms with E-state index in [0.29, 0.717) is 5.56 Å². The van der Waals surface area contributed by atoms with Crippen molar-refractivity contribution in [3.05, 3.63) is 94.3 Å². The number of para-hydroxylation sites is 1. The third-order valence-corrected chi connectivity index (χ3v) is 4.15. The van der Waals surface area contributed by atoms with Gasteiger partial charge in [0.15, 0.2) is 23.3 Å². The van der Waals surface area contributed by atoms with E-state index in [2.05, 4.69) is 5.10 Å². The van der Waals surface area contributed by atoms with Gasteiger partial charge in [-0.2, -0.15) is 18.3 Å². The van der Waals surface area contributed by atoms with Crippen molar-refractivity contribution in [2.75, 3.05) is 5.43 Å². The maximum Gasteiger partial charge on any atom is 0.422 e. The molecule has 0 fully saturated rings. The zero-order valence-corrected chi connectivity index (χ0v) is 15.8. The Kier molecular flexibility index (Phi) is 6.66. The number of anilines is 1. The van der Waals surface area contributed by atoms with Crippen molar-refractivity contribution in [3.63, 3.8) is 0 Å². The van der Waals surface area contributed by atoms with E-state index in [1.807, 2.05) is 0 Å². The van der Waals surface area contributed by atoms with Crippen LogP contribution in [0.3, 0.4) is 0 Å². The van der Waals surface area contributed by atoms with E-state index in [4.69, 9.17) is 4.74 Å². The third kappa shape index (κ3) is 4.98. The van der Waals surface area contributed by atoms with Crippen molar-refractivity contribution in [3.8, 4) is 5.75 Å². The van der Waals surface area contributed by atoms with E-state index in [1.165, 1.54) is 36.4 Å². The summed E-state index contributed by atoms with van der Waals surface area (Å²) >= 11 is 0. The number of hydrogen-bond donors (Lipinski definition) is 1. The number of hydrogen-bond acceptors (Lipinski definition) is 3. The van der Waals surface area contributed by atoms with Crippen LogP contribution in [0.1, 0.15) is 16.7 Å². The molecule has 0 aliphatic heterocycles. The van der Waals surface area contributed by atoms with Gasteiger partial charge in [0, 0.05) is 5.56 Å². The first kappa shape index (κ1) is 23.0. The first-order chi connectivity index (χ1) is 15.1. The predicted octanol–water partition coefficient (Wildman–Crippen LogP) is 6.43. The summed E-state index contributed by atoms with van der Waals surface area (Å²) in [4.78, 5) is 0. The molecular formula is C21H12F8N2O. The molecule has 11 heteroatoms. The normalized spacial score (nSPS) is 11.8. The average molecular weight is 460 g/mol. The van der Waals surface area contributed by atoms with Gasteiger partial charge in [-0.25, -0.2) is 22.0 Å². The number of rotatable bonds is 6. The number of nitrogens with zero attached hydrogens (tertiary/aromatic N) is 1. The van der Waals surface area contributed by atoms with Crippen LogP contribution < -0.4 is 10.2 Å². The molecule has 3 nitrogen and oxygen atoms in total. The lowest BCUT2D eigenvalue weighted by Gasteiger charge is -2.13. The Morgan fingerprint density at radius 2 is 1.41 bits per heavy atom. The lowest BCUT2D eigenvalue weighted by molar-refractivity contribution is -0.143. The van der Waals surface area contributed by atoms with Crippen molar-refractivity contribution in [2.45, 2.75) is 12.8 Å². The van der Waals surface area contributed by atoms with Gasteiger partial charge in [0.2, 0.25) is 0 Å². The van der Waals surface area contributed by atoms with E-state index < -0.39 is 46.5 Å². The van der Waals surface area contributed by atoms with Crippen LogP contribution >= 0.6 is 0 Å². The lowest BCUT2D eigenvalue weighted by atomic mass is 10.1. The van der Waals surface area contributed by atoms with Crippen LogP contribution in [0.4, 0.5) is 40.8 Å². The van der Waals surface area contributed by atoms with Gasteiger partial charge in [-0.1, -0.05) is 24.3 Å². The molecule has 0 heterocycles. The molecule has 0 aliphatic rings. The highest BCUT2D eigenvalue weighted by Crippen LogP contribution is 2.38. The van der Waals surface area contributed by atoms with Crippen molar-refractivity contribution in [1.82, 2.24) is 0 Å². The maximum atomic E-state index is 13.9. The molecule has 0 saturated carbocycles. The molecular weight excluding hydrogens is 448 g/mol. The first-order valence-corrected chi connectivity index (χ1v) is 8.78. The van der Waals surface area contributed by atoms with Crippen molar-refractivity contribution in [1.29, 1.82) is 0 Å². The van der Waals surface area contributed by atoms with Crippen LogP contribution in [0.2, 0.25) is 0 Å². The van der Waals surface area contributed by atoms with Gasteiger partial charge in [-0.3, -0.25) is 5.43 Å². The van der Waals surface area contributed by atoms with Crippen LogP contribution in [-0.2, 0) is 12.8 Å². The van der Waals surface area contributed by atoms with Gasteiger partial charge in [-0.15, -0.1) is 0 Å². The Bertz CT molecular complexity index is 1110. The molecule has 0 amide bonds. The molecule has 3 rings (SSSR count). The second-order valence-corrected chi connectivity index (χ2v) is 6.33. The summed E-state index contributed by atoms with van der Waals surface area (Å²) in [6.45, 7) is 0.0388. The molecule has 0 radical (unpaired) electrons. The Hall–Kier alpha value is -3.63. The highest BCUT2D eigenvalue weighted by molar-refractivity contribution is 5.84. The van der Waals surface area contributed by atoms with Crippen LogP contribution in [0, 0.1) is 29.1 Å². The number of ether oxygens (including phenoxy) is 1. The zero-order valence-electron chi connectivity index (χ0n) is 15.8. The van der Waals surface area contributed by atoms with Crippen LogP contribution in [-0.4, -0.2) is 6.21 Å². The van der Waals surface area contributed by atoms with Gasteiger partial charge < -0.3 is 4.74 Å². The zero-order chi connectivity index (χ0) is 23.5. The standard InChI is InChI=1S/C21H12F8N2O/c22-13-7-5-11(6-8-13)10-32-14-4-2-1-3-12(14)9-30-31-20-18(25)16(23)15(21(27,28)29)17(24)19(20)26/h1-9,31H,10H2. The molecule has 0 saturated heterocycles. The van der Waals surface area contributed by atoms with E-state index in [9.17, 15) is 35.1 Å². The fourth-order valence-corrected chi connectivity index (χ4v) is 2.61. The van der Waals surface area contributed by atoms with E-state index >= 15 is 0 Å². The largest absolute Gasteiger partial charge is 0.488 e. The average Bonchev–Trinajstić information content (AvgIpc) is 2.74. The highest BCUT2D eigenvalue weighted by Gasteiger charge is 2.42. The van der Waals surface area contributed by atoms with Gasteiger partial charge in [0.05, 0.1) is 6.21 Å². The second-order valence-electron chi connectivity index (χ2n) is 6.33. The quantitative estimate of drug-likeness (QED) is 0.199. The second kappa shape index (κ2) is 9.25. The number of halogens is 8. The fourth-order valence-electron chi connectivity index (χ4n) is 2.61. The van der Waals surface area contributed by atoms with Crippen molar-refractivity contribution >= 4 is 11.9 Å². The molecule has 0 aromatic heterocycles. The third-order valence-electron chi connectivity index (χ3n) is 4.15. The summed E-state index contributed by atoms with van der Waals surface area (Å²) in [6, 6.07) is 11.6. The maximum absolute atomic E-state index is 13.9. The van der Waals surface area contributed by atoms with Crippen molar-refractivity contribution in [2.24, 2.45) is 5.10 Å². The Balaban J connectivity index is 1.80. The monoisotopic (exact) mass is 460 g/mol. The number of nitrogens with one attached hydrogen (secondary N) is 1. The molecule has 3 aromatic carbocycles. The predicted molar refractivity (Wildman–Crippen MR) is 99.7 cm³/mol. The highest BCUT2D eigenvalue weighted by atomic mass is 19.4. The molecule has 0 spiro atoms. The molecule has 0 unspecified atom stereocenters. The Morgan fingerprint density at radius 3 is 2.00 bits per heavy atom. The molecule has 3 aromatic rings. The van der Waals surface area contributed by atoms with Gasteiger partial charge >= 0.3 is 6.18 Å². The summed E-state index contributed by atoms with van der Waals surface area (Å²) in [5.41, 5.74) is -1.65. The minimum atomic E-state index is -5.64. The van der Waals surface area contributed by atoms with Crippen LogP contribution in [0.5, 0.6) is 5.75 Å². The molecule has 168 valence electrons. The number of alkyl halides is 3. The van der Waals surface area contributed by atoms with Crippen molar-refractivity contribution < 1.29 is 39.9 Å². The number of hydrazone groups is 1. The van der Waals surface area contributed by atoms with Crippen LogP contribution in [0.15, 0.2) is 53.6 Å². The molecule has 32 heavy (non-hydrogen) atoms. The number of benzene rings is 3. The summed E-state index contributed by atoms with van der Waals surface area (Å²) < 4.78 is 112. The molecule has 0 bridgehead atoms. The minimum absolute atomic E-state index is 0.0388. The van der Waals surface area contributed by atoms with Crippen LogP contribution in [0.25, 0.3) is 0 Å². The van der Waals surface area contributed by atoms with Gasteiger partial charge in [-0.05, 0) is 29.8 Å². The fraction of sp³-hybridized carbons (Fsp3) is 0.0952. The summed E-state index contributed by atoms with van der Waals surface area (Å²) in [5, 5.41) is 3.44. The van der Waals surface area contributed by atoms with E-state index in [-0.39, 0.29) is 17.9 Å². The van der Waals surface area contributed by atoms with E-state index in [1.54, 1.807) is 17.6 Å². The first-order valence-electron chi connectivity index (χ1n) is 8.78. The summed E-state index contributed by atoms with van der Waals surface area (Å²) in [6.07, 6.45) is -4.66. The molecule has 0 aliphatic carbocycles. The molecule has 0 atom stereocenters. The Labute approximate surface area is 175 Å². The SMILES string of the molecule is Fc1ccc(COc2ccccc2C=NNc2c(F)c(F)c(C(F)(F)F)c(F)c2F)cc1. The smallest absolute Gasteiger partial charge is 0.422 e. The Morgan fingerprint density at radius 1 is 0.812 bits per heavy atom. The summed E-state index contributed by atoms with van der Waals surface area (Å²) in [7, 11) is 0. The topological polar surface area (TPSA) is 33.6 Å². The van der Waals surface area contributed by atoms with Gasteiger partial charge in [0.1, 0.15) is 29.4 Å². The molecule has 1 N–H and O–H groups in total. The minimum Gasteiger partial charge on any atom is -0.488 e. The van der Waals surface area contributed by atoms with Gasteiger partial charge in [0.25, 0.3) is 0 Å².